The number of hydrogen-bond donors (Lipinski definition) is 1. The van der Waals surface area contributed by atoms with Gasteiger partial charge in [-0.2, -0.15) is 0 Å². The highest BCUT2D eigenvalue weighted by atomic mass is 35.5. The van der Waals surface area contributed by atoms with Gasteiger partial charge in [0.05, 0.1) is 10.6 Å². The fourth-order valence-electron chi connectivity index (χ4n) is 2.91. The molecule has 1 fully saturated rings. The molecule has 1 aliphatic heterocycles. The van der Waals surface area contributed by atoms with E-state index in [0.29, 0.717) is 15.6 Å². The Hall–Kier alpha value is -1.55. The number of rotatable bonds is 3. The first-order valence-electron chi connectivity index (χ1n) is 7.55. The van der Waals surface area contributed by atoms with E-state index in [9.17, 15) is 4.79 Å². The molecule has 2 aromatic carbocycles. The molecule has 0 radical (unpaired) electrons. The lowest BCUT2D eigenvalue weighted by atomic mass is 9.84. The summed E-state index contributed by atoms with van der Waals surface area (Å²) in [6, 6.07) is 14.7. The van der Waals surface area contributed by atoms with Gasteiger partial charge in [0.2, 0.25) is 0 Å². The van der Waals surface area contributed by atoms with E-state index in [1.165, 1.54) is 0 Å². The molecular formula is C18H17Cl2NO2. The van der Waals surface area contributed by atoms with Gasteiger partial charge in [0.15, 0.2) is 0 Å². The lowest BCUT2D eigenvalue weighted by molar-refractivity contribution is -0.0378. The highest BCUT2D eigenvalue weighted by Crippen LogP contribution is 2.36. The van der Waals surface area contributed by atoms with Crippen LogP contribution in [0.4, 0.5) is 0 Å². The van der Waals surface area contributed by atoms with Crippen molar-refractivity contribution in [1.29, 1.82) is 0 Å². The minimum Gasteiger partial charge on any atom is -0.450 e. The molecule has 0 saturated carbocycles. The van der Waals surface area contributed by atoms with Crippen molar-refractivity contribution in [2.45, 2.75) is 18.4 Å². The molecule has 0 bridgehead atoms. The number of hydrogen-bond acceptors (Lipinski definition) is 3. The van der Waals surface area contributed by atoms with Crippen molar-refractivity contribution in [3.05, 3.63) is 69.7 Å². The quantitative estimate of drug-likeness (QED) is 0.833. The zero-order valence-corrected chi connectivity index (χ0v) is 14.0. The van der Waals surface area contributed by atoms with Crippen molar-refractivity contribution in [1.82, 2.24) is 5.32 Å². The summed E-state index contributed by atoms with van der Waals surface area (Å²) in [6.07, 6.45) is 1.45. The standard InChI is InChI=1S/C18H17Cl2NO2/c19-14-6-7-16(20)15(12-14)17(22)23-18(8-10-21-11-9-18)13-4-2-1-3-5-13/h1-7,12,21H,8-11H2. The molecule has 0 amide bonds. The Bertz CT molecular complexity index is 697. The Kier molecular flexibility index (Phi) is 4.90. The molecule has 0 unspecified atom stereocenters. The SMILES string of the molecule is O=C(OC1(c2ccccc2)CCNCC1)c1cc(Cl)ccc1Cl. The predicted molar refractivity (Wildman–Crippen MR) is 92.1 cm³/mol. The van der Waals surface area contributed by atoms with E-state index < -0.39 is 11.6 Å². The fraction of sp³-hybridized carbons (Fsp3) is 0.278. The summed E-state index contributed by atoms with van der Waals surface area (Å²) in [5, 5.41) is 4.11. The van der Waals surface area contributed by atoms with Gasteiger partial charge in [-0.05, 0) is 36.9 Å². The summed E-state index contributed by atoms with van der Waals surface area (Å²) in [5.74, 6) is -0.441. The maximum absolute atomic E-state index is 12.7. The smallest absolute Gasteiger partial charge is 0.340 e. The first kappa shape index (κ1) is 16.3. The van der Waals surface area contributed by atoms with Crippen LogP contribution >= 0.6 is 23.2 Å². The van der Waals surface area contributed by atoms with E-state index in [1.807, 2.05) is 30.3 Å². The van der Waals surface area contributed by atoms with Crippen LogP contribution in [0.3, 0.4) is 0 Å². The Morgan fingerprint density at radius 1 is 1.04 bits per heavy atom. The Morgan fingerprint density at radius 3 is 2.43 bits per heavy atom. The van der Waals surface area contributed by atoms with Crippen molar-refractivity contribution < 1.29 is 9.53 Å². The molecule has 1 aliphatic rings. The van der Waals surface area contributed by atoms with Gasteiger partial charge in [-0.25, -0.2) is 4.79 Å². The molecule has 0 aliphatic carbocycles. The maximum Gasteiger partial charge on any atom is 0.340 e. The molecule has 0 atom stereocenters. The summed E-state index contributed by atoms with van der Waals surface area (Å²) in [7, 11) is 0. The monoisotopic (exact) mass is 349 g/mol. The number of nitrogens with one attached hydrogen (secondary N) is 1. The Morgan fingerprint density at radius 2 is 1.74 bits per heavy atom. The van der Waals surface area contributed by atoms with Crippen LogP contribution in [-0.4, -0.2) is 19.1 Å². The number of carbonyl (C=O) groups excluding carboxylic acids is 1. The van der Waals surface area contributed by atoms with Crippen molar-refractivity contribution in [2.24, 2.45) is 0 Å². The number of carbonyl (C=O) groups is 1. The molecule has 1 saturated heterocycles. The molecule has 0 aromatic heterocycles. The molecule has 3 nitrogen and oxygen atoms in total. The van der Waals surface area contributed by atoms with Gasteiger partial charge in [-0.1, -0.05) is 53.5 Å². The van der Waals surface area contributed by atoms with Crippen LogP contribution < -0.4 is 5.32 Å². The molecule has 1 N–H and O–H groups in total. The lowest BCUT2D eigenvalue weighted by Crippen LogP contribution is -2.43. The van der Waals surface area contributed by atoms with Crippen molar-refractivity contribution >= 4 is 29.2 Å². The van der Waals surface area contributed by atoms with Gasteiger partial charge in [-0.15, -0.1) is 0 Å². The van der Waals surface area contributed by atoms with E-state index >= 15 is 0 Å². The molecule has 3 rings (SSSR count). The molecule has 1 heterocycles. The Labute approximate surface area is 145 Å². The second-order valence-electron chi connectivity index (χ2n) is 5.62. The first-order valence-corrected chi connectivity index (χ1v) is 8.31. The minimum atomic E-state index is -0.630. The zero-order valence-electron chi connectivity index (χ0n) is 12.5. The van der Waals surface area contributed by atoms with E-state index in [-0.39, 0.29) is 0 Å². The van der Waals surface area contributed by atoms with Crippen LogP contribution in [-0.2, 0) is 10.3 Å². The fourth-order valence-corrected chi connectivity index (χ4v) is 3.28. The summed E-state index contributed by atoms with van der Waals surface area (Å²) in [5.41, 5.74) is 0.677. The van der Waals surface area contributed by atoms with Crippen LogP contribution in [0.2, 0.25) is 10.0 Å². The van der Waals surface area contributed by atoms with Gasteiger partial charge in [0.25, 0.3) is 0 Å². The van der Waals surface area contributed by atoms with Gasteiger partial charge < -0.3 is 10.1 Å². The minimum absolute atomic E-state index is 0.299. The summed E-state index contributed by atoms with van der Waals surface area (Å²) >= 11 is 12.1. The molecule has 0 spiro atoms. The highest BCUT2D eigenvalue weighted by Gasteiger charge is 2.38. The molecule has 120 valence electrons. The maximum atomic E-state index is 12.7. The van der Waals surface area contributed by atoms with E-state index in [2.05, 4.69) is 5.32 Å². The summed E-state index contributed by atoms with van der Waals surface area (Å²) in [6.45, 7) is 1.59. The van der Waals surface area contributed by atoms with Crippen molar-refractivity contribution in [3.8, 4) is 0 Å². The molecular weight excluding hydrogens is 333 g/mol. The van der Waals surface area contributed by atoms with Gasteiger partial charge >= 0.3 is 5.97 Å². The molecule has 23 heavy (non-hydrogen) atoms. The number of benzene rings is 2. The van der Waals surface area contributed by atoms with E-state index in [0.717, 1.165) is 31.5 Å². The third kappa shape index (κ3) is 3.52. The lowest BCUT2D eigenvalue weighted by Gasteiger charge is -2.37. The number of ether oxygens (including phenoxy) is 1. The average Bonchev–Trinajstić information content (AvgIpc) is 2.58. The number of esters is 1. The van der Waals surface area contributed by atoms with Crippen LogP contribution in [0.15, 0.2) is 48.5 Å². The second-order valence-corrected chi connectivity index (χ2v) is 6.47. The van der Waals surface area contributed by atoms with Gasteiger partial charge in [-0.3, -0.25) is 0 Å². The highest BCUT2D eigenvalue weighted by molar-refractivity contribution is 6.35. The molecule has 2 aromatic rings. The van der Waals surface area contributed by atoms with Crippen LogP contribution in [0.25, 0.3) is 0 Å². The Balaban J connectivity index is 1.93. The first-order chi connectivity index (χ1) is 11.1. The van der Waals surface area contributed by atoms with Gasteiger partial charge in [0, 0.05) is 17.9 Å². The van der Waals surface area contributed by atoms with Crippen LogP contribution in [0.1, 0.15) is 28.8 Å². The zero-order chi connectivity index (χ0) is 16.3. The summed E-state index contributed by atoms with van der Waals surface area (Å²) in [4.78, 5) is 12.7. The topological polar surface area (TPSA) is 38.3 Å². The van der Waals surface area contributed by atoms with Crippen molar-refractivity contribution in [2.75, 3.05) is 13.1 Å². The summed E-state index contributed by atoms with van der Waals surface area (Å²) < 4.78 is 5.96. The van der Waals surface area contributed by atoms with Gasteiger partial charge in [0.1, 0.15) is 5.60 Å². The normalized spacial score (nSPS) is 16.8. The average molecular weight is 350 g/mol. The van der Waals surface area contributed by atoms with Crippen LogP contribution in [0, 0.1) is 0 Å². The molecule has 5 heteroatoms. The largest absolute Gasteiger partial charge is 0.450 e. The predicted octanol–water partition coefficient (Wildman–Crippen LogP) is 4.43. The third-order valence-electron chi connectivity index (χ3n) is 4.15. The number of halogens is 2. The van der Waals surface area contributed by atoms with Crippen molar-refractivity contribution in [3.63, 3.8) is 0 Å². The van der Waals surface area contributed by atoms with E-state index in [4.69, 9.17) is 27.9 Å². The second kappa shape index (κ2) is 6.91. The van der Waals surface area contributed by atoms with E-state index in [1.54, 1.807) is 18.2 Å². The number of piperidine rings is 1. The third-order valence-corrected chi connectivity index (χ3v) is 4.71. The van der Waals surface area contributed by atoms with Crippen LogP contribution in [0.5, 0.6) is 0 Å².